The molecule has 1 unspecified atom stereocenters. The van der Waals surface area contributed by atoms with Crippen molar-refractivity contribution in [2.24, 2.45) is 0 Å². The number of aryl methyl sites for hydroxylation is 1. The Morgan fingerprint density at radius 3 is 2.88 bits per heavy atom. The third-order valence-corrected chi connectivity index (χ3v) is 4.78. The van der Waals surface area contributed by atoms with E-state index in [-0.39, 0.29) is 0 Å². The minimum absolute atomic E-state index is 0.441. The molecule has 132 valence electrons. The maximum absolute atomic E-state index is 5.14. The fraction of sp³-hybridized carbons (Fsp3) is 0.526. The highest BCUT2D eigenvalue weighted by molar-refractivity contribution is 14.1. The Kier molecular flexibility index (Phi) is 8.21. The van der Waals surface area contributed by atoms with E-state index in [4.69, 9.17) is 3.07 Å². The molecule has 1 N–H and O–H groups in total. The molecule has 4 nitrogen and oxygen atoms in total. The molecule has 1 heterocycles. The van der Waals surface area contributed by atoms with Gasteiger partial charge in [-0.25, -0.2) is 0 Å². The summed E-state index contributed by atoms with van der Waals surface area (Å²) >= 11 is 1.96. The molecule has 0 aliphatic rings. The van der Waals surface area contributed by atoms with Crippen molar-refractivity contribution in [1.29, 1.82) is 0 Å². The molecular formula is C19H28IN3O. The van der Waals surface area contributed by atoms with Gasteiger partial charge in [0.15, 0.2) is 0 Å². The molecule has 0 radical (unpaired) electrons. The van der Waals surface area contributed by atoms with Crippen LogP contribution >= 0.6 is 23.0 Å². The Bertz CT molecular complexity index is 635. The second-order valence-electron chi connectivity index (χ2n) is 6.31. The molecule has 1 atom stereocenters. The molecule has 0 saturated carbocycles. The zero-order chi connectivity index (χ0) is 17.4. The minimum atomic E-state index is 0.441. The highest BCUT2D eigenvalue weighted by Crippen LogP contribution is 2.23. The third-order valence-electron chi connectivity index (χ3n) is 4.34. The number of hydrogen-bond acceptors (Lipinski definition) is 4. The van der Waals surface area contributed by atoms with E-state index < -0.39 is 0 Å². The first-order valence-electron chi connectivity index (χ1n) is 8.71. The van der Waals surface area contributed by atoms with Crippen molar-refractivity contribution in [1.82, 2.24) is 9.88 Å². The fourth-order valence-electron chi connectivity index (χ4n) is 2.93. The van der Waals surface area contributed by atoms with Crippen LogP contribution in [0.5, 0.6) is 0 Å². The van der Waals surface area contributed by atoms with Crippen molar-refractivity contribution in [2.45, 2.75) is 39.7 Å². The molecule has 1 aromatic heterocycles. The number of halogens is 1. The van der Waals surface area contributed by atoms with E-state index >= 15 is 0 Å². The van der Waals surface area contributed by atoms with Crippen LogP contribution in [0.25, 0.3) is 10.9 Å². The van der Waals surface area contributed by atoms with Crippen LogP contribution in [-0.4, -0.2) is 42.2 Å². The van der Waals surface area contributed by atoms with Crippen LogP contribution in [0.3, 0.4) is 0 Å². The first-order chi connectivity index (χ1) is 11.6. The number of anilines is 1. The van der Waals surface area contributed by atoms with Crippen molar-refractivity contribution < 1.29 is 3.07 Å². The second kappa shape index (κ2) is 10.2. The van der Waals surface area contributed by atoms with Gasteiger partial charge < -0.3 is 13.3 Å². The number of likely N-dealkylation sites (N-methyl/N-ethyl adjacent to an activating group) is 1. The number of nitrogens with zero attached hydrogens (tertiary/aromatic N) is 2. The van der Waals surface area contributed by atoms with E-state index in [1.165, 1.54) is 23.1 Å². The zero-order valence-corrected chi connectivity index (χ0v) is 17.0. The van der Waals surface area contributed by atoms with Crippen LogP contribution in [0, 0.1) is 6.92 Å². The van der Waals surface area contributed by atoms with Gasteiger partial charge in [0.1, 0.15) is 23.0 Å². The Morgan fingerprint density at radius 2 is 2.12 bits per heavy atom. The van der Waals surface area contributed by atoms with E-state index in [1.807, 2.05) is 29.2 Å². The van der Waals surface area contributed by atoms with Gasteiger partial charge in [0.25, 0.3) is 0 Å². The summed E-state index contributed by atoms with van der Waals surface area (Å²) in [6.45, 7) is 10.6. The Morgan fingerprint density at radius 1 is 1.29 bits per heavy atom. The van der Waals surface area contributed by atoms with E-state index in [2.05, 4.69) is 60.2 Å². The third kappa shape index (κ3) is 5.86. The number of fused-ring (bicyclic) bond motifs is 1. The van der Waals surface area contributed by atoms with Crippen LogP contribution in [-0.2, 0) is 3.07 Å². The predicted molar refractivity (Wildman–Crippen MR) is 111 cm³/mol. The lowest BCUT2D eigenvalue weighted by atomic mass is 10.1. The van der Waals surface area contributed by atoms with Gasteiger partial charge in [-0.05, 0) is 57.5 Å². The SMILES string of the molecule is CCN(CCCC(C)Nc1ccnc2cc(C)ccc12)CCOI. The highest BCUT2D eigenvalue weighted by atomic mass is 127. The van der Waals surface area contributed by atoms with E-state index in [0.29, 0.717) is 6.04 Å². The van der Waals surface area contributed by atoms with E-state index in [9.17, 15) is 0 Å². The van der Waals surface area contributed by atoms with Crippen molar-refractivity contribution in [3.63, 3.8) is 0 Å². The number of aromatic nitrogens is 1. The average Bonchev–Trinajstić information content (AvgIpc) is 2.57. The Hall–Kier alpha value is -0.920. The molecule has 0 aliphatic carbocycles. The lowest BCUT2D eigenvalue weighted by Crippen LogP contribution is -2.29. The van der Waals surface area contributed by atoms with Crippen LogP contribution in [0.2, 0.25) is 0 Å². The van der Waals surface area contributed by atoms with Crippen LogP contribution in [0.1, 0.15) is 32.3 Å². The molecule has 0 aliphatic heterocycles. The summed E-state index contributed by atoms with van der Waals surface area (Å²) in [4.78, 5) is 6.92. The van der Waals surface area contributed by atoms with Gasteiger partial charge in [0.05, 0.1) is 12.1 Å². The smallest absolute Gasteiger partial charge is 0.109 e. The summed E-state index contributed by atoms with van der Waals surface area (Å²) in [5, 5.41) is 4.85. The Balaban J connectivity index is 1.87. The molecule has 0 amide bonds. The number of rotatable bonds is 10. The van der Waals surface area contributed by atoms with Gasteiger partial charge in [0, 0.05) is 29.9 Å². The molecular weight excluding hydrogens is 413 g/mol. The number of hydrogen-bond donors (Lipinski definition) is 1. The lowest BCUT2D eigenvalue weighted by molar-refractivity contribution is 0.242. The molecule has 2 aromatic rings. The van der Waals surface area contributed by atoms with Crippen LogP contribution in [0.15, 0.2) is 30.5 Å². The first-order valence-corrected chi connectivity index (χ1v) is 9.60. The molecule has 0 spiro atoms. The highest BCUT2D eigenvalue weighted by Gasteiger charge is 2.08. The lowest BCUT2D eigenvalue weighted by Gasteiger charge is -2.21. The van der Waals surface area contributed by atoms with Crippen LogP contribution < -0.4 is 5.32 Å². The maximum Gasteiger partial charge on any atom is 0.109 e. The van der Waals surface area contributed by atoms with Gasteiger partial charge in [-0.2, -0.15) is 0 Å². The van der Waals surface area contributed by atoms with Crippen molar-refractivity contribution >= 4 is 39.6 Å². The van der Waals surface area contributed by atoms with Gasteiger partial charge in [-0.15, -0.1) is 0 Å². The predicted octanol–water partition coefficient (Wildman–Crippen LogP) is 4.81. The first kappa shape index (κ1) is 19.4. The summed E-state index contributed by atoms with van der Waals surface area (Å²) in [5.74, 6) is 0. The molecule has 0 bridgehead atoms. The monoisotopic (exact) mass is 441 g/mol. The van der Waals surface area contributed by atoms with Crippen molar-refractivity contribution in [3.05, 3.63) is 36.0 Å². The van der Waals surface area contributed by atoms with Crippen molar-refractivity contribution in [3.8, 4) is 0 Å². The number of nitrogens with one attached hydrogen (secondary N) is 1. The van der Waals surface area contributed by atoms with E-state index in [1.54, 1.807) is 0 Å². The topological polar surface area (TPSA) is 37.4 Å². The van der Waals surface area contributed by atoms with Gasteiger partial charge in [-0.3, -0.25) is 4.98 Å². The molecule has 24 heavy (non-hydrogen) atoms. The minimum Gasteiger partial charge on any atom is -0.382 e. The molecule has 0 saturated heterocycles. The molecule has 2 rings (SSSR count). The summed E-state index contributed by atoms with van der Waals surface area (Å²) in [6, 6.07) is 8.96. The maximum atomic E-state index is 5.14. The van der Waals surface area contributed by atoms with Gasteiger partial charge >= 0.3 is 0 Å². The quantitative estimate of drug-likeness (QED) is 0.537. The fourth-order valence-corrected chi connectivity index (χ4v) is 3.13. The van der Waals surface area contributed by atoms with Gasteiger partial charge in [-0.1, -0.05) is 19.1 Å². The van der Waals surface area contributed by atoms with Crippen LogP contribution in [0.4, 0.5) is 5.69 Å². The molecule has 5 heteroatoms. The number of pyridine rings is 1. The zero-order valence-electron chi connectivity index (χ0n) is 14.9. The summed E-state index contributed by atoms with van der Waals surface area (Å²) in [6.07, 6.45) is 4.22. The summed E-state index contributed by atoms with van der Waals surface area (Å²) in [5.41, 5.74) is 3.48. The standard InChI is InChI=1S/C19H28IN3O/c1-4-23(12-13-24-20)11-5-6-16(3)22-18-9-10-21-19-14-15(2)7-8-17(18)19/h7-10,14,16H,4-6,11-13H2,1-3H3,(H,21,22). The van der Waals surface area contributed by atoms with E-state index in [0.717, 1.165) is 38.2 Å². The molecule has 1 aromatic carbocycles. The normalized spacial score (nSPS) is 12.7. The number of benzene rings is 1. The van der Waals surface area contributed by atoms with Gasteiger partial charge in [0.2, 0.25) is 0 Å². The molecule has 0 fully saturated rings. The largest absolute Gasteiger partial charge is 0.382 e. The van der Waals surface area contributed by atoms with Crippen molar-refractivity contribution in [2.75, 3.05) is 31.6 Å². The Labute approximate surface area is 159 Å². The second-order valence-corrected chi connectivity index (χ2v) is 6.94. The summed E-state index contributed by atoms with van der Waals surface area (Å²) < 4.78 is 5.14. The average molecular weight is 441 g/mol. The summed E-state index contributed by atoms with van der Waals surface area (Å²) in [7, 11) is 0.